The van der Waals surface area contributed by atoms with Crippen LogP contribution in [0.15, 0.2) is 17.8 Å². The maximum Gasteiger partial charge on any atom is 0.136 e. The monoisotopic (exact) mass is 144 g/mol. The van der Waals surface area contributed by atoms with Gasteiger partial charge in [0.25, 0.3) is 0 Å². The van der Waals surface area contributed by atoms with Crippen molar-refractivity contribution in [3.8, 4) is 0 Å². The van der Waals surface area contributed by atoms with E-state index in [-0.39, 0.29) is 0 Å². The van der Waals surface area contributed by atoms with Crippen molar-refractivity contribution >= 4 is 31.4 Å². The zero-order valence-electron chi connectivity index (χ0n) is 6.46. The van der Waals surface area contributed by atoms with Gasteiger partial charge in [0, 0.05) is 11.8 Å². The second-order valence-electron chi connectivity index (χ2n) is 2.10. The molecule has 11 heavy (non-hydrogen) atoms. The van der Waals surface area contributed by atoms with Crippen LogP contribution in [0, 0.1) is 0 Å². The number of aromatic nitrogens is 1. The smallest absolute Gasteiger partial charge is 0.136 e. The summed E-state index contributed by atoms with van der Waals surface area (Å²) in [6.07, 6.45) is 5.10. The molecular weight excluding hydrogens is 135 g/mol. The van der Waals surface area contributed by atoms with E-state index < -0.39 is 0 Å². The number of H-pyrrole nitrogens is 1. The maximum atomic E-state index is 5.61. The van der Waals surface area contributed by atoms with Gasteiger partial charge in [0.05, 0.1) is 0 Å². The van der Waals surface area contributed by atoms with Gasteiger partial charge in [0.1, 0.15) is 13.7 Å². The SMILES string of the molecule is [B]c1c[nH]c(/N=C\C)c1C=C. The quantitative estimate of drug-likeness (QED) is 0.476. The molecule has 54 valence electrons. The Bertz CT molecular complexity index is 286. The van der Waals surface area contributed by atoms with E-state index in [1.807, 2.05) is 6.92 Å². The molecule has 1 rings (SSSR count). The second kappa shape index (κ2) is 3.24. The number of hydrogen-bond donors (Lipinski definition) is 1. The third-order valence-corrected chi connectivity index (χ3v) is 1.39. The largest absolute Gasteiger partial charge is 0.347 e. The lowest BCUT2D eigenvalue weighted by Crippen LogP contribution is -2.00. The van der Waals surface area contributed by atoms with Crippen molar-refractivity contribution in [3.63, 3.8) is 0 Å². The topological polar surface area (TPSA) is 28.1 Å². The third-order valence-electron chi connectivity index (χ3n) is 1.39. The molecule has 1 heterocycles. The first-order chi connectivity index (χ1) is 5.29. The summed E-state index contributed by atoms with van der Waals surface area (Å²) >= 11 is 0. The number of hydrogen-bond acceptors (Lipinski definition) is 1. The van der Waals surface area contributed by atoms with Crippen LogP contribution < -0.4 is 5.46 Å². The van der Waals surface area contributed by atoms with Gasteiger partial charge in [-0.25, -0.2) is 4.99 Å². The van der Waals surface area contributed by atoms with E-state index >= 15 is 0 Å². The summed E-state index contributed by atoms with van der Waals surface area (Å²) in [5, 5.41) is 0. The van der Waals surface area contributed by atoms with E-state index in [1.54, 1.807) is 18.5 Å². The molecule has 0 saturated carbocycles. The standard InChI is InChI=1S/C8H9BN2/c1-3-6-7(9)5-11-8(6)10-4-2/h3-5,11H,1H2,2H3/b10-4-. The summed E-state index contributed by atoms with van der Waals surface area (Å²) in [6, 6.07) is 0. The predicted octanol–water partition coefficient (Wildman–Crippen LogP) is 1.17. The normalized spacial score (nSPS) is 10.6. The summed E-state index contributed by atoms with van der Waals surface area (Å²) in [7, 11) is 5.61. The molecule has 1 N–H and O–H groups in total. The lowest BCUT2D eigenvalue weighted by atomic mass is 9.95. The van der Waals surface area contributed by atoms with Crippen molar-refractivity contribution < 1.29 is 0 Å². The molecule has 0 atom stereocenters. The second-order valence-corrected chi connectivity index (χ2v) is 2.10. The Labute approximate surface area is 67.5 Å². The molecule has 0 spiro atoms. The molecule has 0 saturated heterocycles. The lowest BCUT2D eigenvalue weighted by molar-refractivity contribution is 1.34. The lowest BCUT2D eigenvalue weighted by Gasteiger charge is -1.91. The number of aromatic amines is 1. The van der Waals surface area contributed by atoms with Crippen LogP contribution in [0.4, 0.5) is 5.82 Å². The molecule has 3 heteroatoms. The number of nitrogens with one attached hydrogen (secondary N) is 1. The van der Waals surface area contributed by atoms with Gasteiger partial charge in [0.2, 0.25) is 0 Å². The molecule has 0 amide bonds. The van der Waals surface area contributed by atoms with E-state index in [0.29, 0.717) is 5.46 Å². The zero-order valence-corrected chi connectivity index (χ0v) is 6.46. The van der Waals surface area contributed by atoms with E-state index in [9.17, 15) is 0 Å². The van der Waals surface area contributed by atoms with Crippen LogP contribution in [0.2, 0.25) is 0 Å². The molecule has 0 fully saturated rings. The van der Waals surface area contributed by atoms with Crippen LogP contribution in [-0.4, -0.2) is 19.0 Å². The molecule has 0 aliphatic rings. The maximum absolute atomic E-state index is 5.61. The highest BCUT2D eigenvalue weighted by atomic mass is 14.9. The van der Waals surface area contributed by atoms with Crippen molar-refractivity contribution in [1.29, 1.82) is 0 Å². The fourth-order valence-electron chi connectivity index (χ4n) is 0.889. The van der Waals surface area contributed by atoms with E-state index in [2.05, 4.69) is 16.6 Å². The van der Waals surface area contributed by atoms with Crippen molar-refractivity contribution in [3.05, 3.63) is 18.3 Å². The Morgan fingerprint density at radius 3 is 3.00 bits per heavy atom. The van der Waals surface area contributed by atoms with Gasteiger partial charge in [-0.15, -0.1) is 0 Å². The number of rotatable bonds is 2. The van der Waals surface area contributed by atoms with E-state index in [0.717, 1.165) is 11.4 Å². The fourth-order valence-corrected chi connectivity index (χ4v) is 0.889. The highest BCUT2D eigenvalue weighted by molar-refractivity contribution is 6.34. The molecule has 2 radical (unpaired) electrons. The van der Waals surface area contributed by atoms with Crippen molar-refractivity contribution in [2.24, 2.45) is 4.99 Å². The minimum Gasteiger partial charge on any atom is -0.347 e. The Balaban J connectivity index is 3.15. The molecule has 0 unspecified atom stereocenters. The van der Waals surface area contributed by atoms with Gasteiger partial charge >= 0.3 is 0 Å². The first-order valence-electron chi connectivity index (χ1n) is 3.37. The van der Waals surface area contributed by atoms with Crippen LogP contribution in [0.3, 0.4) is 0 Å². The van der Waals surface area contributed by atoms with Crippen molar-refractivity contribution in [2.75, 3.05) is 0 Å². The van der Waals surface area contributed by atoms with Gasteiger partial charge < -0.3 is 4.98 Å². The van der Waals surface area contributed by atoms with Gasteiger partial charge in [0.15, 0.2) is 0 Å². The van der Waals surface area contributed by atoms with Gasteiger partial charge in [-0.2, -0.15) is 0 Å². The molecule has 0 bridgehead atoms. The van der Waals surface area contributed by atoms with Crippen molar-refractivity contribution in [2.45, 2.75) is 6.92 Å². The molecule has 1 aromatic heterocycles. The predicted molar refractivity (Wildman–Crippen MR) is 50.1 cm³/mol. The Hall–Kier alpha value is -1.25. The zero-order chi connectivity index (χ0) is 8.27. The molecule has 0 aliphatic carbocycles. The van der Waals surface area contributed by atoms with Crippen molar-refractivity contribution in [1.82, 2.24) is 4.98 Å². The Morgan fingerprint density at radius 2 is 2.45 bits per heavy atom. The first kappa shape index (κ1) is 7.86. The molecular formula is C8H9BN2. The first-order valence-corrected chi connectivity index (χ1v) is 3.37. The fraction of sp³-hybridized carbons (Fsp3) is 0.125. The van der Waals surface area contributed by atoms with Gasteiger partial charge in [-0.05, 0) is 13.1 Å². The minimum atomic E-state index is 0.681. The van der Waals surface area contributed by atoms with E-state index in [4.69, 9.17) is 7.85 Å². The van der Waals surface area contributed by atoms with Gasteiger partial charge in [-0.3, -0.25) is 0 Å². The summed E-state index contributed by atoms with van der Waals surface area (Å²) in [5.41, 5.74) is 1.55. The average Bonchev–Trinajstić information content (AvgIpc) is 2.33. The van der Waals surface area contributed by atoms with Crippen LogP contribution in [-0.2, 0) is 0 Å². The highest BCUT2D eigenvalue weighted by Gasteiger charge is 2.00. The summed E-state index contributed by atoms with van der Waals surface area (Å²) < 4.78 is 0. The molecule has 0 aliphatic heterocycles. The van der Waals surface area contributed by atoms with E-state index in [1.165, 1.54) is 0 Å². The molecule has 2 nitrogen and oxygen atoms in total. The van der Waals surface area contributed by atoms with Crippen LogP contribution in [0.1, 0.15) is 12.5 Å². The van der Waals surface area contributed by atoms with Crippen LogP contribution in [0.5, 0.6) is 0 Å². The third kappa shape index (κ3) is 1.42. The van der Waals surface area contributed by atoms with Crippen LogP contribution >= 0.6 is 0 Å². The Kier molecular flexibility index (Phi) is 2.31. The average molecular weight is 144 g/mol. The molecule has 0 aromatic carbocycles. The summed E-state index contributed by atoms with van der Waals surface area (Å²) in [4.78, 5) is 7.00. The van der Waals surface area contributed by atoms with Crippen LogP contribution in [0.25, 0.3) is 6.08 Å². The Morgan fingerprint density at radius 1 is 1.73 bits per heavy atom. The summed E-state index contributed by atoms with van der Waals surface area (Å²) in [5.74, 6) is 0.764. The highest BCUT2D eigenvalue weighted by Crippen LogP contribution is 2.13. The summed E-state index contributed by atoms with van der Waals surface area (Å²) in [6.45, 7) is 5.48. The number of aliphatic imine (C=N–C) groups is 1. The minimum absolute atomic E-state index is 0.681. The molecule has 1 aromatic rings. The van der Waals surface area contributed by atoms with Gasteiger partial charge in [-0.1, -0.05) is 18.1 Å². The number of nitrogens with zero attached hydrogens (tertiary/aromatic N) is 1.